The maximum atomic E-state index is 6.20. The van der Waals surface area contributed by atoms with Gasteiger partial charge in [0.15, 0.2) is 0 Å². The summed E-state index contributed by atoms with van der Waals surface area (Å²) in [6.07, 6.45) is 5.44. The van der Waals surface area contributed by atoms with E-state index < -0.39 is 0 Å². The molecule has 0 atom stereocenters. The summed E-state index contributed by atoms with van der Waals surface area (Å²) < 4.78 is 0. The average Bonchev–Trinajstić information content (AvgIpc) is 2.74. The predicted molar refractivity (Wildman–Crippen MR) is 85.8 cm³/mol. The molecule has 1 aromatic carbocycles. The van der Waals surface area contributed by atoms with Crippen LogP contribution in [0.4, 0.5) is 0 Å². The first-order valence-corrected chi connectivity index (χ1v) is 7.84. The number of nitrogens with one attached hydrogen (secondary N) is 1. The summed E-state index contributed by atoms with van der Waals surface area (Å²) >= 11 is 12.1. The molecule has 20 heavy (non-hydrogen) atoms. The van der Waals surface area contributed by atoms with Crippen molar-refractivity contribution in [3.63, 3.8) is 0 Å². The lowest BCUT2D eigenvalue weighted by Gasteiger charge is -2.02. The van der Waals surface area contributed by atoms with Crippen molar-refractivity contribution in [2.24, 2.45) is 0 Å². The highest BCUT2D eigenvalue weighted by Crippen LogP contribution is 2.23. The molecule has 108 valence electrons. The Balaban J connectivity index is 2.08. The van der Waals surface area contributed by atoms with Gasteiger partial charge in [-0.2, -0.15) is 0 Å². The summed E-state index contributed by atoms with van der Waals surface area (Å²) in [6, 6.07) is 5.59. The second-order valence-electron chi connectivity index (χ2n) is 5.12. The van der Waals surface area contributed by atoms with Crippen LogP contribution < -0.4 is 0 Å². The molecule has 0 fully saturated rings. The van der Waals surface area contributed by atoms with Gasteiger partial charge in [-0.25, -0.2) is 4.98 Å². The van der Waals surface area contributed by atoms with Crippen molar-refractivity contribution in [2.75, 3.05) is 0 Å². The molecule has 1 aromatic heterocycles. The predicted octanol–water partition coefficient (Wildman–Crippen LogP) is 5.35. The Morgan fingerprint density at radius 2 is 2.00 bits per heavy atom. The highest BCUT2D eigenvalue weighted by molar-refractivity contribution is 6.35. The van der Waals surface area contributed by atoms with E-state index in [1.807, 2.05) is 12.1 Å². The van der Waals surface area contributed by atoms with Crippen molar-refractivity contribution in [1.29, 1.82) is 0 Å². The highest BCUT2D eigenvalue weighted by Gasteiger charge is 2.09. The second kappa shape index (κ2) is 7.14. The molecule has 2 rings (SSSR count). The Hall–Kier alpha value is -0.990. The van der Waals surface area contributed by atoms with Crippen molar-refractivity contribution in [1.82, 2.24) is 9.97 Å². The molecule has 0 aliphatic carbocycles. The van der Waals surface area contributed by atoms with Gasteiger partial charge in [-0.05, 0) is 37.5 Å². The first-order valence-electron chi connectivity index (χ1n) is 7.08. The minimum atomic E-state index is 0.662. The SMILES string of the molecule is CCCCCc1nc(Cc2ccc(Cl)cc2Cl)[nH]c1C. The lowest BCUT2D eigenvalue weighted by molar-refractivity contribution is 0.706. The van der Waals surface area contributed by atoms with E-state index in [0.717, 1.165) is 17.8 Å². The van der Waals surface area contributed by atoms with Gasteiger partial charge in [-0.3, -0.25) is 0 Å². The maximum absolute atomic E-state index is 6.20. The second-order valence-corrected chi connectivity index (χ2v) is 5.97. The van der Waals surface area contributed by atoms with E-state index in [0.29, 0.717) is 16.5 Å². The summed E-state index contributed by atoms with van der Waals surface area (Å²) in [5.41, 5.74) is 3.39. The molecule has 0 saturated heterocycles. The molecule has 0 radical (unpaired) electrons. The van der Waals surface area contributed by atoms with Crippen molar-refractivity contribution < 1.29 is 0 Å². The summed E-state index contributed by atoms with van der Waals surface area (Å²) in [4.78, 5) is 8.05. The number of rotatable bonds is 6. The Kier molecular flexibility index (Phi) is 5.50. The highest BCUT2D eigenvalue weighted by atomic mass is 35.5. The van der Waals surface area contributed by atoms with Crippen LogP contribution in [0.15, 0.2) is 18.2 Å². The Morgan fingerprint density at radius 3 is 2.70 bits per heavy atom. The van der Waals surface area contributed by atoms with Gasteiger partial charge in [0.2, 0.25) is 0 Å². The molecule has 2 aromatic rings. The van der Waals surface area contributed by atoms with E-state index in [2.05, 4.69) is 18.8 Å². The molecule has 0 saturated carbocycles. The lowest BCUT2D eigenvalue weighted by Crippen LogP contribution is -1.93. The first kappa shape index (κ1) is 15.4. The topological polar surface area (TPSA) is 28.7 Å². The number of aromatic nitrogens is 2. The van der Waals surface area contributed by atoms with Crippen molar-refractivity contribution in [3.8, 4) is 0 Å². The molecule has 0 aliphatic heterocycles. The van der Waals surface area contributed by atoms with Gasteiger partial charge < -0.3 is 4.98 Å². The largest absolute Gasteiger partial charge is 0.346 e. The molecule has 0 unspecified atom stereocenters. The van der Waals surface area contributed by atoms with Crippen LogP contribution in [0.5, 0.6) is 0 Å². The number of H-pyrrole nitrogens is 1. The number of aryl methyl sites for hydroxylation is 2. The van der Waals surface area contributed by atoms with Gasteiger partial charge in [0, 0.05) is 22.2 Å². The molecule has 1 N–H and O–H groups in total. The van der Waals surface area contributed by atoms with Crippen LogP contribution in [-0.2, 0) is 12.8 Å². The lowest BCUT2D eigenvalue weighted by atomic mass is 10.1. The van der Waals surface area contributed by atoms with Crippen LogP contribution in [0.2, 0.25) is 10.0 Å². The van der Waals surface area contributed by atoms with Gasteiger partial charge in [0.05, 0.1) is 5.69 Å². The Bertz CT molecular complexity index is 576. The zero-order chi connectivity index (χ0) is 14.5. The molecule has 0 amide bonds. The maximum Gasteiger partial charge on any atom is 0.111 e. The standard InChI is InChI=1S/C16H20Cl2N2/c1-3-4-5-6-15-11(2)19-16(20-15)9-12-7-8-13(17)10-14(12)18/h7-8,10H,3-6,9H2,1-2H3,(H,19,20). The van der Waals surface area contributed by atoms with Crippen molar-refractivity contribution in [2.45, 2.75) is 46.0 Å². The van der Waals surface area contributed by atoms with E-state index in [-0.39, 0.29) is 0 Å². The van der Waals surface area contributed by atoms with Crippen LogP contribution in [0.25, 0.3) is 0 Å². The summed E-state index contributed by atoms with van der Waals surface area (Å²) in [6.45, 7) is 4.30. The number of halogens is 2. The number of hydrogen-bond donors (Lipinski definition) is 1. The molecule has 2 nitrogen and oxygen atoms in total. The quantitative estimate of drug-likeness (QED) is 0.716. The van der Waals surface area contributed by atoms with Gasteiger partial charge in [-0.1, -0.05) is 49.0 Å². The van der Waals surface area contributed by atoms with Crippen molar-refractivity contribution in [3.05, 3.63) is 51.0 Å². The van der Waals surface area contributed by atoms with E-state index in [9.17, 15) is 0 Å². The van der Waals surface area contributed by atoms with Crippen LogP contribution in [-0.4, -0.2) is 9.97 Å². The number of imidazole rings is 1. The van der Waals surface area contributed by atoms with E-state index in [1.165, 1.54) is 30.7 Å². The van der Waals surface area contributed by atoms with Crippen LogP contribution in [0.1, 0.15) is 49.0 Å². The molecule has 1 heterocycles. The molecule has 0 spiro atoms. The van der Waals surface area contributed by atoms with Crippen molar-refractivity contribution >= 4 is 23.2 Å². The molecular weight excluding hydrogens is 291 g/mol. The molecule has 0 bridgehead atoms. The average molecular weight is 311 g/mol. The number of hydrogen-bond acceptors (Lipinski definition) is 1. The van der Waals surface area contributed by atoms with Gasteiger partial charge in [-0.15, -0.1) is 0 Å². The van der Waals surface area contributed by atoms with Gasteiger partial charge in [0.25, 0.3) is 0 Å². The minimum absolute atomic E-state index is 0.662. The monoisotopic (exact) mass is 310 g/mol. The van der Waals surface area contributed by atoms with E-state index in [4.69, 9.17) is 28.2 Å². The van der Waals surface area contributed by atoms with Crippen LogP contribution >= 0.6 is 23.2 Å². The molecule has 0 aliphatic rings. The Morgan fingerprint density at radius 1 is 1.20 bits per heavy atom. The first-order chi connectivity index (χ1) is 9.60. The summed E-state index contributed by atoms with van der Waals surface area (Å²) in [5, 5.41) is 1.36. The fourth-order valence-corrected chi connectivity index (χ4v) is 2.75. The third kappa shape index (κ3) is 4.00. The van der Waals surface area contributed by atoms with E-state index in [1.54, 1.807) is 6.07 Å². The third-order valence-corrected chi connectivity index (χ3v) is 4.01. The zero-order valence-electron chi connectivity index (χ0n) is 12.0. The van der Waals surface area contributed by atoms with Crippen LogP contribution in [0, 0.1) is 6.92 Å². The normalized spacial score (nSPS) is 11.0. The summed E-state index contributed by atoms with van der Waals surface area (Å²) in [7, 11) is 0. The van der Waals surface area contributed by atoms with Gasteiger partial charge >= 0.3 is 0 Å². The number of unbranched alkanes of at least 4 members (excludes halogenated alkanes) is 2. The molecule has 4 heteroatoms. The van der Waals surface area contributed by atoms with E-state index >= 15 is 0 Å². The molecular formula is C16H20Cl2N2. The fourth-order valence-electron chi connectivity index (χ4n) is 2.28. The smallest absolute Gasteiger partial charge is 0.111 e. The number of aromatic amines is 1. The zero-order valence-corrected chi connectivity index (χ0v) is 13.5. The summed E-state index contributed by atoms with van der Waals surface area (Å²) in [5.74, 6) is 0.971. The Labute approximate surface area is 130 Å². The van der Waals surface area contributed by atoms with Crippen LogP contribution in [0.3, 0.4) is 0 Å². The number of nitrogens with zero attached hydrogens (tertiary/aromatic N) is 1. The number of benzene rings is 1. The minimum Gasteiger partial charge on any atom is -0.346 e. The third-order valence-electron chi connectivity index (χ3n) is 3.42. The fraction of sp³-hybridized carbons (Fsp3) is 0.438. The van der Waals surface area contributed by atoms with Gasteiger partial charge in [0.1, 0.15) is 5.82 Å².